The first-order chi connectivity index (χ1) is 12.2. The summed E-state index contributed by atoms with van der Waals surface area (Å²) in [5.74, 6) is -0.849. The van der Waals surface area contributed by atoms with Gasteiger partial charge in [-0.3, -0.25) is 19.7 Å². The van der Waals surface area contributed by atoms with Crippen LogP contribution in [-0.4, -0.2) is 35.2 Å². The van der Waals surface area contributed by atoms with Crippen molar-refractivity contribution in [3.05, 3.63) is 68.2 Å². The maximum Gasteiger partial charge on any atom is 0.270 e. The summed E-state index contributed by atoms with van der Waals surface area (Å²) in [5.41, 5.74) is 2.45. The van der Waals surface area contributed by atoms with Gasteiger partial charge in [0, 0.05) is 24.9 Å². The molecule has 0 atom stereocenters. The lowest BCUT2D eigenvalue weighted by molar-refractivity contribution is -0.384. The first-order valence-electron chi connectivity index (χ1n) is 7.76. The monoisotopic (exact) mass is 375 g/mol. The second-order valence-corrected chi connectivity index (χ2v) is 6.30. The van der Waals surface area contributed by atoms with Crippen LogP contribution in [0.3, 0.4) is 0 Å². The molecule has 0 aliphatic rings. The normalized spacial score (nSPS) is 10.3. The molecule has 7 nitrogen and oxygen atoms in total. The number of aryl methyl sites for hydroxylation is 2. The SMILES string of the molecule is Cc1cccc(C)c1NC(=O)CN(C)C(=O)c1ccc([N+](=O)[O-])cc1Cl. The number of carbonyl (C=O) groups is 2. The summed E-state index contributed by atoms with van der Waals surface area (Å²) in [7, 11) is 1.46. The Morgan fingerprint density at radius 2 is 1.81 bits per heavy atom. The zero-order valence-corrected chi connectivity index (χ0v) is 15.3. The molecule has 0 spiro atoms. The lowest BCUT2D eigenvalue weighted by Gasteiger charge is -2.18. The number of nitro groups is 1. The molecule has 0 aliphatic carbocycles. The van der Waals surface area contributed by atoms with E-state index in [1.807, 2.05) is 32.0 Å². The Morgan fingerprint density at radius 1 is 1.19 bits per heavy atom. The molecule has 0 radical (unpaired) electrons. The highest BCUT2D eigenvalue weighted by molar-refractivity contribution is 6.34. The van der Waals surface area contributed by atoms with Crippen molar-refractivity contribution >= 4 is 34.8 Å². The molecule has 136 valence electrons. The standard InChI is InChI=1S/C18H18ClN3O4/c1-11-5-4-6-12(2)17(11)20-16(23)10-21(3)18(24)14-8-7-13(22(25)26)9-15(14)19/h4-9H,10H2,1-3H3,(H,20,23). The van der Waals surface area contributed by atoms with Gasteiger partial charge in [0.05, 0.1) is 22.1 Å². The van der Waals surface area contributed by atoms with Crippen LogP contribution in [0.15, 0.2) is 36.4 Å². The van der Waals surface area contributed by atoms with Crippen LogP contribution in [0, 0.1) is 24.0 Å². The van der Waals surface area contributed by atoms with E-state index in [0.29, 0.717) is 5.69 Å². The van der Waals surface area contributed by atoms with Crippen LogP contribution in [0.2, 0.25) is 5.02 Å². The molecule has 2 aromatic carbocycles. The number of likely N-dealkylation sites (N-methyl/N-ethyl adjacent to an activating group) is 1. The van der Waals surface area contributed by atoms with Gasteiger partial charge in [-0.1, -0.05) is 29.8 Å². The number of nitrogens with one attached hydrogen (secondary N) is 1. The average molecular weight is 376 g/mol. The first-order valence-corrected chi connectivity index (χ1v) is 8.14. The fraction of sp³-hybridized carbons (Fsp3) is 0.222. The number of carbonyl (C=O) groups excluding carboxylic acids is 2. The van der Waals surface area contributed by atoms with Crippen LogP contribution < -0.4 is 5.32 Å². The number of nitrogens with zero attached hydrogens (tertiary/aromatic N) is 2. The van der Waals surface area contributed by atoms with Crippen LogP contribution >= 0.6 is 11.6 Å². The average Bonchev–Trinajstić information content (AvgIpc) is 2.57. The van der Waals surface area contributed by atoms with Crippen molar-refractivity contribution in [3.63, 3.8) is 0 Å². The van der Waals surface area contributed by atoms with Gasteiger partial charge in [0.25, 0.3) is 11.6 Å². The van der Waals surface area contributed by atoms with E-state index < -0.39 is 10.8 Å². The van der Waals surface area contributed by atoms with Gasteiger partial charge < -0.3 is 10.2 Å². The smallest absolute Gasteiger partial charge is 0.270 e. The Hall–Kier alpha value is -2.93. The van der Waals surface area contributed by atoms with Crippen molar-refractivity contribution in [2.45, 2.75) is 13.8 Å². The van der Waals surface area contributed by atoms with Gasteiger partial charge in [0.15, 0.2) is 0 Å². The fourth-order valence-corrected chi connectivity index (χ4v) is 2.73. The number of halogens is 1. The number of rotatable bonds is 5. The third kappa shape index (κ3) is 4.37. The number of benzene rings is 2. The Bertz CT molecular complexity index is 862. The lowest BCUT2D eigenvalue weighted by atomic mass is 10.1. The van der Waals surface area contributed by atoms with E-state index >= 15 is 0 Å². The molecular formula is C18H18ClN3O4. The number of hydrogen-bond acceptors (Lipinski definition) is 4. The van der Waals surface area contributed by atoms with Gasteiger partial charge >= 0.3 is 0 Å². The summed E-state index contributed by atoms with van der Waals surface area (Å²) in [6.45, 7) is 3.59. The van der Waals surface area contributed by atoms with Gasteiger partial charge in [0.1, 0.15) is 0 Å². The zero-order chi connectivity index (χ0) is 19.4. The molecule has 0 saturated carbocycles. The fourth-order valence-electron chi connectivity index (χ4n) is 2.47. The molecule has 1 N–H and O–H groups in total. The molecule has 0 aromatic heterocycles. The summed E-state index contributed by atoms with van der Waals surface area (Å²) in [6.07, 6.45) is 0. The van der Waals surface area contributed by atoms with E-state index in [1.54, 1.807) is 0 Å². The zero-order valence-electron chi connectivity index (χ0n) is 14.6. The molecule has 2 amide bonds. The summed E-state index contributed by atoms with van der Waals surface area (Å²) in [6, 6.07) is 9.25. The topological polar surface area (TPSA) is 92.6 Å². The number of hydrogen-bond donors (Lipinski definition) is 1. The molecule has 2 aromatic rings. The molecule has 0 bridgehead atoms. The van der Waals surface area contributed by atoms with E-state index in [2.05, 4.69) is 5.32 Å². The highest BCUT2D eigenvalue weighted by atomic mass is 35.5. The van der Waals surface area contributed by atoms with Crippen molar-refractivity contribution in [3.8, 4) is 0 Å². The van der Waals surface area contributed by atoms with Gasteiger partial charge in [-0.25, -0.2) is 0 Å². The van der Waals surface area contributed by atoms with Gasteiger partial charge in [-0.05, 0) is 31.0 Å². The number of non-ortho nitro benzene ring substituents is 1. The molecular weight excluding hydrogens is 358 g/mol. The van der Waals surface area contributed by atoms with Gasteiger partial charge in [0.2, 0.25) is 5.91 Å². The Kier molecular flexibility index (Phi) is 5.94. The lowest BCUT2D eigenvalue weighted by Crippen LogP contribution is -2.35. The van der Waals surface area contributed by atoms with Crippen LogP contribution in [0.25, 0.3) is 0 Å². The minimum Gasteiger partial charge on any atom is -0.332 e. The van der Waals surface area contributed by atoms with Crippen molar-refractivity contribution in [2.24, 2.45) is 0 Å². The minimum atomic E-state index is -0.595. The van der Waals surface area contributed by atoms with Gasteiger partial charge in [-0.2, -0.15) is 0 Å². The molecule has 0 saturated heterocycles. The summed E-state index contributed by atoms with van der Waals surface area (Å²) in [4.78, 5) is 36.1. The molecule has 0 aliphatic heterocycles. The number of nitro benzene ring substituents is 1. The quantitative estimate of drug-likeness (QED) is 0.638. The van der Waals surface area contributed by atoms with Crippen LogP contribution in [0.5, 0.6) is 0 Å². The third-order valence-electron chi connectivity index (χ3n) is 3.87. The molecule has 0 heterocycles. The van der Waals surface area contributed by atoms with E-state index in [1.165, 1.54) is 24.1 Å². The Labute approximate surface area is 155 Å². The molecule has 0 unspecified atom stereocenters. The Morgan fingerprint density at radius 3 is 2.35 bits per heavy atom. The highest BCUT2D eigenvalue weighted by Gasteiger charge is 2.20. The minimum absolute atomic E-state index is 0.0359. The van der Waals surface area contributed by atoms with Crippen LogP contribution in [0.4, 0.5) is 11.4 Å². The van der Waals surface area contributed by atoms with E-state index in [0.717, 1.165) is 17.2 Å². The van der Waals surface area contributed by atoms with Gasteiger partial charge in [-0.15, -0.1) is 0 Å². The second kappa shape index (κ2) is 7.97. The predicted molar refractivity (Wildman–Crippen MR) is 99.6 cm³/mol. The summed E-state index contributed by atoms with van der Waals surface area (Å²) >= 11 is 5.97. The maximum atomic E-state index is 12.5. The van der Waals surface area contributed by atoms with Crippen LogP contribution in [-0.2, 0) is 4.79 Å². The number of anilines is 1. The molecule has 26 heavy (non-hydrogen) atoms. The number of para-hydroxylation sites is 1. The summed E-state index contributed by atoms with van der Waals surface area (Å²) in [5, 5.41) is 13.5. The highest BCUT2D eigenvalue weighted by Crippen LogP contribution is 2.24. The van der Waals surface area contributed by atoms with Crippen LogP contribution in [0.1, 0.15) is 21.5 Å². The summed E-state index contributed by atoms with van der Waals surface area (Å²) < 4.78 is 0. The first kappa shape index (κ1) is 19.4. The van der Waals surface area contributed by atoms with Crippen molar-refractivity contribution < 1.29 is 14.5 Å². The second-order valence-electron chi connectivity index (χ2n) is 5.90. The van der Waals surface area contributed by atoms with Crippen molar-refractivity contribution in [1.82, 2.24) is 4.90 Å². The van der Waals surface area contributed by atoms with E-state index in [4.69, 9.17) is 11.6 Å². The maximum absolute atomic E-state index is 12.5. The third-order valence-corrected chi connectivity index (χ3v) is 4.18. The molecule has 2 rings (SSSR count). The van der Waals surface area contributed by atoms with E-state index in [-0.39, 0.29) is 28.7 Å². The number of amides is 2. The van der Waals surface area contributed by atoms with E-state index in [9.17, 15) is 19.7 Å². The molecule has 0 fully saturated rings. The van der Waals surface area contributed by atoms with Crippen molar-refractivity contribution in [2.75, 3.05) is 18.9 Å². The molecule has 8 heteroatoms. The van der Waals surface area contributed by atoms with Crippen molar-refractivity contribution in [1.29, 1.82) is 0 Å². The largest absolute Gasteiger partial charge is 0.332 e. The predicted octanol–water partition coefficient (Wildman–Crippen LogP) is 3.58. The Balaban J connectivity index is 2.09.